The Morgan fingerprint density at radius 1 is 0.976 bits per heavy atom. The highest BCUT2D eigenvalue weighted by Crippen LogP contribution is 2.34. The number of anilines is 1. The molecule has 0 spiro atoms. The number of para-hydroxylation sites is 2. The van der Waals surface area contributed by atoms with Gasteiger partial charge in [0.05, 0.1) is 35.7 Å². The molecule has 2 aromatic carbocycles. The number of ether oxygens (including phenoxy) is 3. The zero-order valence-corrected chi connectivity index (χ0v) is 24.6. The molecule has 2 fully saturated rings. The largest absolute Gasteiger partial charge is 0.485 e. The van der Waals surface area contributed by atoms with Gasteiger partial charge in [-0.2, -0.15) is 9.41 Å². The first kappa shape index (κ1) is 28.3. The number of hydrazone groups is 1. The van der Waals surface area contributed by atoms with Gasteiger partial charge >= 0.3 is 0 Å². The van der Waals surface area contributed by atoms with Crippen LogP contribution in [0.1, 0.15) is 29.8 Å². The van der Waals surface area contributed by atoms with Crippen molar-refractivity contribution < 1.29 is 27.4 Å². The second-order valence-corrected chi connectivity index (χ2v) is 12.6. The summed E-state index contributed by atoms with van der Waals surface area (Å²) in [7, 11) is -3.68. The van der Waals surface area contributed by atoms with Crippen molar-refractivity contribution in [1.29, 1.82) is 0 Å². The number of hydrogen-bond donors (Lipinski definition) is 1. The molecule has 42 heavy (non-hydrogen) atoms. The first-order valence-corrected chi connectivity index (χ1v) is 15.6. The van der Waals surface area contributed by atoms with Crippen molar-refractivity contribution in [3.05, 3.63) is 65.5 Å². The van der Waals surface area contributed by atoms with Gasteiger partial charge in [0.25, 0.3) is 5.91 Å². The number of carbonyl (C=O) groups excluding carboxylic acids is 1. The molecule has 0 bridgehead atoms. The Kier molecular flexibility index (Phi) is 7.93. The number of aryl methyl sites for hydroxylation is 1. The topological polar surface area (TPSA) is 115 Å². The molecule has 0 aliphatic carbocycles. The number of sulfonamides is 1. The summed E-state index contributed by atoms with van der Waals surface area (Å²) in [6.07, 6.45) is 2.97. The molecule has 12 heteroatoms. The van der Waals surface area contributed by atoms with Crippen LogP contribution in [0.2, 0.25) is 0 Å². The standard InChI is InChI=1S/C30H35N5O6S/c1-21-17-23(19-31-32-30(36)29-20-40-27-7-3-4-8-28(27)41-29)22(2)35(21)26-18-24(9-10-25(26)33-11-5-6-12-33)42(37,38)34-13-15-39-16-14-34/h3-4,7-10,17-19,29H,5-6,11-16,20H2,1-2H3,(H,32,36)/b31-19-/t29-/m1/s1. The van der Waals surface area contributed by atoms with Gasteiger partial charge in [-0.25, -0.2) is 13.8 Å². The smallest absolute Gasteiger partial charge is 0.284 e. The quantitative estimate of drug-likeness (QED) is 0.331. The summed E-state index contributed by atoms with van der Waals surface area (Å²) in [5.41, 5.74) is 6.94. The number of carbonyl (C=O) groups is 1. The average Bonchev–Trinajstić information content (AvgIpc) is 3.65. The minimum atomic E-state index is -3.68. The first-order chi connectivity index (χ1) is 20.3. The van der Waals surface area contributed by atoms with E-state index in [-0.39, 0.29) is 11.5 Å². The van der Waals surface area contributed by atoms with Crippen LogP contribution in [-0.4, -0.2) is 81.5 Å². The second-order valence-electron chi connectivity index (χ2n) is 10.6. The molecule has 1 atom stereocenters. The molecule has 0 radical (unpaired) electrons. The molecule has 222 valence electrons. The van der Waals surface area contributed by atoms with Crippen molar-refractivity contribution in [2.24, 2.45) is 5.10 Å². The molecule has 1 aromatic heterocycles. The lowest BCUT2D eigenvalue weighted by Gasteiger charge is -2.28. The van der Waals surface area contributed by atoms with Gasteiger partial charge in [-0.15, -0.1) is 0 Å². The minimum absolute atomic E-state index is 0.0931. The predicted molar refractivity (Wildman–Crippen MR) is 158 cm³/mol. The van der Waals surface area contributed by atoms with E-state index in [1.54, 1.807) is 30.5 Å². The Bertz CT molecular complexity index is 1610. The molecule has 3 aromatic rings. The molecular weight excluding hydrogens is 558 g/mol. The van der Waals surface area contributed by atoms with Gasteiger partial charge in [0.2, 0.25) is 16.1 Å². The van der Waals surface area contributed by atoms with Gasteiger partial charge < -0.3 is 23.7 Å². The number of aromatic nitrogens is 1. The van der Waals surface area contributed by atoms with Crippen LogP contribution in [-0.2, 0) is 19.6 Å². The van der Waals surface area contributed by atoms with Gasteiger partial charge in [-0.1, -0.05) is 12.1 Å². The second kappa shape index (κ2) is 11.8. The number of rotatable bonds is 7. The third-order valence-electron chi connectivity index (χ3n) is 7.89. The van der Waals surface area contributed by atoms with Crippen molar-refractivity contribution in [2.45, 2.75) is 37.7 Å². The van der Waals surface area contributed by atoms with Crippen LogP contribution in [0.25, 0.3) is 5.69 Å². The van der Waals surface area contributed by atoms with Crippen molar-refractivity contribution in [3.8, 4) is 17.2 Å². The maximum absolute atomic E-state index is 13.5. The summed E-state index contributed by atoms with van der Waals surface area (Å²) in [5.74, 6) is 0.711. The van der Waals surface area contributed by atoms with Crippen LogP contribution >= 0.6 is 0 Å². The molecule has 0 saturated carbocycles. The summed E-state index contributed by atoms with van der Waals surface area (Å²) in [4.78, 5) is 15.3. The van der Waals surface area contributed by atoms with Crippen LogP contribution in [0.3, 0.4) is 0 Å². The zero-order valence-electron chi connectivity index (χ0n) is 23.8. The molecule has 0 unspecified atom stereocenters. The molecule has 1 amide bonds. The predicted octanol–water partition coefficient (Wildman–Crippen LogP) is 3.01. The molecule has 11 nitrogen and oxygen atoms in total. The van der Waals surface area contributed by atoms with Gasteiger partial charge in [0.15, 0.2) is 11.5 Å². The Balaban J connectivity index is 1.26. The van der Waals surface area contributed by atoms with Crippen molar-refractivity contribution in [2.75, 3.05) is 50.9 Å². The van der Waals surface area contributed by atoms with Crippen molar-refractivity contribution in [3.63, 3.8) is 0 Å². The fourth-order valence-electron chi connectivity index (χ4n) is 5.68. The highest BCUT2D eigenvalue weighted by Gasteiger charge is 2.29. The lowest BCUT2D eigenvalue weighted by molar-refractivity contribution is -0.130. The zero-order chi connectivity index (χ0) is 29.3. The van der Waals surface area contributed by atoms with Crippen molar-refractivity contribution in [1.82, 2.24) is 14.3 Å². The van der Waals surface area contributed by atoms with Gasteiger partial charge in [-0.05, 0) is 63.1 Å². The van der Waals surface area contributed by atoms with Crippen LogP contribution in [0.15, 0.2) is 58.5 Å². The molecule has 3 aliphatic heterocycles. The maximum Gasteiger partial charge on any atom is 0.284 e. The lowest BCUT2D eigenvalue weighted by Crippen LogP contribution is -2.42. The number of morpholine rings is 1. The van der Waals surface area contributed by atoms with E-state index in [1.165, 1.54) is 4.31 Å². The number of amides is 1. The summed E-state index contributed by atoms with van der Waals surface area (Å²) < 4.78 is 47.4. The van der Waals surface area contributed by atoms with E-state index in [0.29, 0.717) is 37.8 Å². The Morgan fingerprint density at radius 3 is 2.48 bits per heavy atom. The van der Waals surface area contributed by atoms with E-state index in [0.717, 1.165) is 54.3 Å². The van der Waals surface area contributed by atoms with E-state index in [4.69, 9.17) is 14.2 Å². The molecular formula is C30H35N5O6S. The molecule has 4 heterocycles. The number of nitrogens with one attached hydrogen (secondary N) is 1. The summed E-state index contributed by atoms with van der Waals surface area (Å²) in [6.45, 7) is 7.32. The van der Waals surface area contributed by atoms with E-state index in [1.807, 2.05) is 38.1 Å². The SMILES string of the molecule is Cc1cc(/C=N\NC(=O)[C@H]2COc3ccccc3O2)c(C)n1-c1cc(S(=O)(=O)N2CCOCC2)ccc1N1CCCC1. The van der Waals surface area contributed by atoms with Crippen LogP contribution in [0.5, 0.6) is 11.5 Å². The first-order valence-electron chi connectivity index (χ1n) is 14.2. The van der Waals surface area contributed by atoms with Crippen molar-refractivity contribution >= 4 is 27.8 Å². The number of benzene rings is 2. The van der Waals surface area contributed by atoms with Gasteiger partial charge in [0.1, 0.15) is 6.61 Å². The van der Waals surface area contributed by atoms with Crippen LogP contribution < -0.4 is 19.8 Å². The summed E-state index contributed by atoms with van der Waals surface area (Å²) in [6, 6.07) is 14.6. The highest BCUT2D eigenvalue weighted by atomic mass is 32.2. The molecule has 3 aliphatic rings. The molecule has 2 saturated heterocycles. The summed E-state index contributed by atoms with van der Waals surface area (Å²) in [5, 5.41) is 4.20. The fraction of sp³-hybridized carbons (Fsp3) is 0.400. The van der Waals surface area contributed by atoms with Gasteiger partial charge in [-0.3, -0.25) is 4.79 Å². The number of nitrogens with zero attached hydrogens (tertiary/aromatic N) is 4. The van der Waals surface area contributed by atoms with Crippen LogP contribution in [0, 0.1) is 13.8 Å². The number of fused-ring (bicyclic) bond motifs is 1. The van der Waals surface area contributed by atoms with E-state index in [2.05, 4.69) is 20.0 Å². The van der Waals surface area contributed by atoms with E-state index >= 15 is 0 Å². The third-order valence-corrected chi connectivity index (χ3v) is 9.79. The van der Waals surface area contributed by atoms with Gasteiger partial charge in [0, 0.05) is 43.1 Å². The van der Waals surface area contributed by atoms with E-state index < -0.39 is 22.0 Å². The molecule has 1 N–H and O–H groups in total. The minimum Gasteiger partial charge on any atom is -0.485 e. The third kappa shape index (κ3) is 5.49. The highest BCUT2D eigenvalue weighted by molar-refractivity contribution is 7.89. The Morgan fingerprint density at radius 2 is 1.71 bits per heavy atom. The molecule has 6 rings (SSSR count). The Labute approximate surface area is 245 Å². The maximum atomic E-state index is 13.5. The number of hydrogen-bond acceptors (Lipinski definition) is 8. The normalized spacial score (nSPS) is 19.4. The monoisotopic (exact) mass is 593 g/mol. The fourth-order valence-corrected chi connectivity index (χ4v) is 7.11. The van der Waals surface area contributed by atoms with Crippen LogP contribution in [0.4, 0.5) is 5.69 Å². The lowest BCUT2D eigenvalue weighted by atomic mass is 10.2. The summed E-state index contributed by atoms with van der Waals surface area (Å²) >= 11 is 0. The average molecular weight is 594 g/mol. The van der Waals surface area contributed by atoms with E-state index in [9.17, 15) is 13.2 Å². The Hall–Kier alpha value is -3.87.